The Labute approximate surface area is 114 Å². The molecule has 0 aromatic heterocycles. The number of nitrogens with one attached hydrogen (secondary N) is 1. The number of carboxylic acid groups (broad SMARTS) is 1. The number of carbonyl (C=O) groups excluding carboxylic acids is 1. The Kier molecular flexibility index (Phi) is 6.67. The molecular formula is C14H25NO4. The number of carbonyl (C=O) groups is 2. The van der Waals surface area contributed by atoms with E-state index in [-0.39, 0.29) is 5.92 Å². The number of amides is 1. The molecule has 0 aromatic rings. The molecule has 1 aliphatic carbocycles. The molecule has 1 aliphatic rings. The summed E-state index contributed by atoms with van der Waals surface area (Å²) >= 11 is 0. The summed E-state index contributed by atoms with van der Waals surface area (Å²) in [7, 11) is 0. The summed E-state index contributed by atoms with van der Waals surface area (Å²) in [4.78, 5) is 22.6. The van der Waals surface area contributed by atoms with Gasteiger partial charge in [0.15, 0.2) is 0 Å². The highest BCUT2D eigenvalue weighted by Gasteiger charge is 2.23. The first-order valence-corrected chi connectivity index (χ1v) is 7.16. The highest BCUT2D eigenvalue weighted by Crippen LogP contribution is 2.22. The molecule has 1 atom stereocenters. The van der Waals surface area contributed by atoms with Crippen LogP contribution >= 0.6 is 0 Å². The van der Waals surface area contributed by atoms with Gasteiger partial charge in [0.25, 0.3) is 0 Å². The molecule has 110 valence electrons. The maximum absolute atomic E-state index is 11.6. The lowest BCUT2D eigenvalue weighted by molar-refractivity contribution is -0.147. The minimum Gasteiger partial charge on any atom is -0.479 e. The number of alkyl carbamates (subject to hydrolysis) is 1. The van der Waals surface area contributed by atoms with Crippen LogP contribution in [0.1, 0.15) is 52.4 Å². The molecule has 5 heteroatoms. The molecule has 1 saturated carbocycles. The first-order valence-electron chi connectivity index (χ1n) is 7.16. The van der Waals surface area contributed by atoms with Crippen molar-refractivity contribution in [1.29, 1.82) is 0 Å². The summed E-state index contributed by atoms with van der Waals surface area (Å²) in [6, 6.07) is 0. The topological polar surface area (TPSA) is 75.6 Å². The lowest BCUT2D eigenvalue weighted by Gasteiger charge is -2.22. The SMILES string of the molecule is CC(C)C[C@H](OC(=O)NCC1CCCCC1)C(=O)O. The van der Waals surface area contributed by atoms with Gasteiger partial charge < -0.3 is 15.2 Å². The van der Waals surface area contributed by atoms with E-state index in [2.05, 4.69) is 5.32 Å². The molecular weight excluding hydrogens is 246 g/mol. The fourth-order valence-corrected chi connectivity index (χ4v) is 2.42. The van der Waals surface area contributed by atoms with Crippen LogP contribution in [-0.4, -0.2) is 29.8 Å². The van der Waals surface area contributed by atoms with E-state index < -0.39 is 18.2 Å². The standard InChI is InChI=1S/C14H25NO4/c1-10(2)8-12(13(16)17)19-14(18)15-9-11-6-4-3-5-7-11/h10-12H,3-9H2,1-2H3,(H,15,18)(H,16,17)/t12-/m0/s1. The van der Waals surface area contributed by atoms with Gasteiger partial charge in [0.05, 0.1) is 0 Å². The van der Waals surface area contributed by atoms with E-state index in [0.29, 0.717) is 18.9 Å². The Bertz CT molecular complexity index is 298. The number of hydrogen-bond donors (Lipinski definition) is 2. The van der Waals surface area contributed by atoms with Gasteiger partial charge in [-0.15, -0.1) is 0 Å². The van der Waals surface area contributed by atoms with E-state index in [1.807, 2.05) is 13.8 Å². The largest absolute Gasteiger partial charge is 0.479 e. The highest BCUT2D eigenvalue weighted by atomic mass is 16.6. The smallest absolute Gasteiger partial charge is 0.407 e. The van der Waals surface area contributed by atoms with E-state index >= 15 is 0 Å². The Morgan fingerprint density at radius 3 is 2.42 bits per heavy atom. The first-order chi connectivity index (χ1) is 8.99. The van der Waals surface area contributed by atoms with Crippen LogP contribution in [-0.2, 0) is 9.53 Å². The minimum absolute atomic E-state index is 0.173. The first kappa shape index (κ1) is 15.8. The fraction of sp³-hybridized carbons (Fsp3) is 0.857. The summed E-state index contributed by atoms with van der Waals surface area (Å²) in [5.41, 5.74) is 0. The van der Waals surface area contributed by atoms with Gasteiger partial charge in [0.2, 0.25) is 6.10 Å². The van der Waals surface area contributed by atoms with Crippen molar-refractivity contribution >= 4 is 12.1 Å². The van der Waals surface area contributed by atoms with Gasteiger partial charge in [-0.05, 0) is 31.1 Å². The van der Waals surface area contributed by atoms with Gasteiger partial charge in [-0.1, -0.05) is 33.1 Å². The molecule has 0 saturated heterocycles. The number of ether oxygens (including phenoxy) is 1. The van der Waals surface area contributed by atoms with Crippen LogP contribution in [0.4, 0.5) is 4.79 Å². The summed E-state index contributed by atoms with van der Waals surface area (Å²) in [5, 5.41) is 11.7. The maximum Gasteiger partial charge on any atom is 0.407 e. The molecule has 19 heavy (non-hydrogen) atoms. The molecule has 2 N–H and O–H groups in total. The lowest BCUT2D eigenvalue weighted by atomic mass is 9.89. The number of aliphatic carboxylic acids is 1. The van der Waals surface area contributed by atoms with E-state index in [1.165, 1.54) is 19.3 Å². The average molecular weight is 271 g/mol. The molecule has 1 amide bonds. The molecule has 0 radical (unpaired) electrons. The summed E-state index contributed by atoms with van der Waals surface area (Å²) in [6.07, 6.45) is 4.65. The van der Waals surface area contributed by atoms with E-state index in [9.17, 15) is 9.59 Å². The molecule has 0 unspecified atom stereocenters. The Morgan fingerprint density at radius 1 is 1.26 bits per heavy atom. The predicted octanol–water partition coefficient (Wildman–Crippen LogP) is 2.79. The van der Waals surface area contributed by atoms with Crippen LogP contribution in [0, 0.1) is 11.8 Å². The van der Waals surface area contributed by atoms with E-state index in [4.69, 9.17) is 9.84 Å². The summed E-state index contributed by atoms with van der Waals surface area (Å²) < 4.78 is 4.96. The predicted molar refractivity (Wildman–Crippen MR) is 71.9 cm³/mol. The molecule has 0 heterocycles. The number of carboxylic acids is 1. The van der Waals surface area contributed by atoms with Gasteiger partial charge in [-0.2, -0.15) is 0 Å². The Morgan fingerprint density at radius 2 is 1.89 bits per heavy atom. The minimum atomic E-state index is -1.08. The second-order valence-corrected chi connectivity index (χ2v) is 5.75. The number of hydrogen-bond acceptors (Lipinski definition) is 3. The molecule has 5 nitrogen and oxygen atoms in total. The van der Waals surface area contributed by atoms with Crippen LogP contribution in [0.5, 0.6) is 0 Å². The van der Waals surface area contributed by atoms with Crippen molar-refractivity contribution in [2.45, 2.75) is 58.5 Å². The highest BCUT2D eigenvalue weighted by molar-refractivity contribution is 5.77. The second kappa shape index (κ2) is 8.02. The van der Waals surface area contributed by atoms with Crippen molar-refractivity contribution < 1.29 is 19.4 Å². The third-order valence-corrected chi connectivity index (χ3v) is 3.47. The van der Waals surface area contributed by atoms with Crippen LogP contribution in [0.25, 0.3) is 0 Å². The Hall–Kier alpha value is -1.26. The molecule has 0 aliphatic heterocycles. The number of rotatable bonds is 6. The van der Waals surface area contributed by atoms with Crippen LogP contribution < -0.4 is 5.32 Å². The average Bonchev–Trinajstić information content (AvgIpc) is 2.36. The maximum atomic E-state index is 11.6. The monoisotopic (exact) mass is 271 g/mol. The van der Waals surface area contributed by atoms with Gasteiger partial charge in [0.1, 0.15) is 0 Å². The van der Waals surface area contributed by atoms with Crippen molar-refractivity contribution in [2.24, 2.45) is 11.8 Å². The molecule has 1 rings (SSSR count). The molecule has 1 fully saturated rings. The molecule has 0 spiro atoms. The van der Waals surface area contributed by atoms with Crippen molar-refractivity contribution in [1.82, 2.24) is 5.32 Å². The Balaban J connectivity index is 2.29. The van der Waals surface area contributed by atoms with Crippen LogP contribution in [0.2, 0.25) is 0 Å². The third kappa shape index (κ3) is 6.45. The zero-order valence-electron chi connectivity index (χ0n) is 11.9. The fourth-order valence-electron chi connectivity index (χ4n) is 2.42. The van der Waals surface area contributed by atoms with Crippen molar-refractivity contribution in [2.75, 3.05) is 6.54 Å². The van der Waals surface area contributed by atoms with Crippen molar-refractivity contribution in [3.63, 3.8) is 0 Å². The summed E-state index contributed by atoms with van der Waals surface area (Å²) in [6.45, 7) is 4.39. The zero-order chi connectivity index (χ0) is 14.3. The molecule has 0 aromatic carbocycles. The van der Waals surface area contributed by atoms with Gasteiger partial charge in [-0.3, -0.25) is 0 Å². The summed E-state index contributed by atoms with van der Waals surface area (Å²) in [5.74, 6) is -0.400. The lowest BCUT2D eigenvalue weighted by Crippen LogP contribution is -2.36. The van der Waals surface area contributed by atoms with Crippen LogP contribution in [0.3, 0.4) is 0 Å². The van der Waals surface area contributed by atoms with E-state index in [0.717, 1.165) is 12.8 Å². The van der Waals surface area contributed by atoms with E-state index in [1.54, 1.807) is 0 Å². The normalized spacial score (nSPS) is 18.1. The second-order valence-electron chi connectivity index (χ2n) is 5.75. The van der Waals surface area contributed by atoms with Gasteiger partial charge >= 0.3 is 12.1 Å². The van der Waals surface area contributed by atoms with Gasteiger partial charge in [0, 0.05) is 6.54 Å². The van der Waals surface area contributed by atoms with Gasteiger partial charge in [-0.25, -0.2) is 9.59 Å². The molecule has 0 bridgehead atoms. The quantitative estimate of drug-likeness (QED) is 0.779. The zero-order valence-corrected chi connectivity index (χ0v) is 11.9. The van der Waals surface area contributed by atoms with Crippen molar-refractivity contribution in [3.05, 3.63) is 0 Å². The van der Waals surface area contributed by atoms with Crippen LogP contribution in [0.15, 0.2) is 0 Å². The van der Waals surface area contributed by atoms with Crippen molar-refractivity contribution in [3.8, 4) is 0 Å². The third-order valence-electron chi connectivity index (χ3n) is 3.47.